The average Bonchev–Trinajstić information content (AvgIpc) is 2.40. The Bertz CT molecular complexity index is 512. The highest BCUT2D eigenvalue weighted by Crippen LogP contribution is 2.25. The second-order valence-corrected chi connectivity index (χ2v) is 4.63. The standard InChI is InChI=1S/C17H20O/c1-3-5-15-12-16(7-6-13(15)4-2)14-8-10-17(18)11-9-14/h6-12,18H,3-5H2,1-2H3. The maximum atomic E-state index is 9.32. The third-order valence-electron chi connectivity index (χ3n) is 3.31. The summed E-state index contributed by atoms with van der Waals surface area (Å²) in [6.45, 7) is 4.42. The van der Waals surface area contributed by atoms with Gasteiger partial charge in [0.2, 0.25) is 0 Å². The minimum absolute atomic E-state index is 0.317. The summed E-state index contributed by atoms with van der Waals surface area (Å²) in [6.07, 6.45) is 3.40. The molecule has 2 aromatic rings. The van der Waals surface area contributed by atoms with Crippen LogP contribution in [0.25, 0.3) is 11.1 Å². The Labute approximate surface area is 109 Å². The molecule has 18 heavy (non-hydrogen) atoms. The van der Waals surface area contributed by atoms with Crippen LogP contribution in [-0.4, -0.2) is 5.11 Å². The lowest BCUT2D eigenvalue weighted by molar-refractivity contribution is 0.475. The van der Waals surface area contributed by atoms with E-state index in [1.165, 1.54) is 23.1 Å². The summed E-state index contributed by atoms with van der Waals surface area (Å²) in [7, 11) is 0. The van der Waals surface area contributed by atoms with E-state index in [0.717, 1.165) is 18.4 Å². The van der Waals surface area contributed by atoms with Crippen LogP contribution in [0.1, 0.15) is 31.4 Å². The summed E-state index contributed by atoms with van der Waals surface area (Å²) in [5.74, 6) is 0.317. The lowest BCUT2D eigenvalue weighted by Crippen LogP contribution is -1.93. The quantitative estimate of drug-likeness (QED) is 0.829. The summed E-state index contributed by atoms with van der Waals surface area (Å²) in [5, 5.41) is 9.32. The van der Waals surface area contributed by atoms with Gasteiger partial charge < -0.3 is 5.11 Å². The molecule has 0 atom stereocenters. The Balaban J connectivity index is 2.39. The van der Waals surface area contributed by atoms with E-state index < -0.39 is 0 Å². The van der Waals surface area contributed by atoms with Gasteiger partial charge >= 0.3 is 0 Å². The molecule has 1 N–H and O–H groups in total. The first-order valence-corrected chi connectivity index (χ1v) is 6.65. The van der Waals surface area contributed by atoms with Crippen LogP contribution in [0.4, 0.5) is 0 Å². The Morgan fingerprint density at radius 3 is 2.11 bits per heavy atom. The number of rotatable bonds is 4. The number of benzene rings is 2. The molecule has 0 bridgehead atoms. The summed E-state index contributed by atoms with van der Waals surface area (Å²) in [4.78, 5) is 0. The molecule has 0 saturated carbocycles. The molecule has 0 fully saturated rings. The Morgan fingerprint density at radius 1 is 0.833 bits per heavy atom. The van der Waals surface area contributed by atoms with Crippen molar-refractivity contribution in [1.82, 2.24) is 0 Å². The smallest absolute Gasteiger partial charge is 0.115 e. The van der Waals surface area contributed by atoms with Crippen LogP contribution in [0.2, 0.25) is 0 Å². The number of hydrogen-bond acceptors (Lipinski definition) is 1. The molecule has 0 unspecified atom stereocenters. The normalized spacial score (nSPS) is 10.6. The molecule has 0 saturated heterocycles. The molecule has 1 heteroatoms. The molecule has 1 nitrogen and oxygen atoms in total. The van der Waals surface area contributed by atoms with E-state index in [9.17, 15) is 5.11 Å². The van der Waals surface area contributed by atoms with Gasteiger partial charge in [0, 0.05) is 0 Å². The van der Waals surface area contributed by atoms with Gasteiger partial charge in [0.05, 0.1) is 0 Å². The van der Waals surface area contributed by atoms with Gasteiger partial charge in [-0.05, 0) is 47.2 Å². The van der Waals surface area contributed by atoms with Gasteiger partial charge in [-0.1, -0.05) is 50.6 Å². The number of aromatic hydroxyl groups is 1. The zero-order valence-corrected chi connectivity index (χ0v) is 11.1. The second kappa shape index (κ2) is 5.72. The van der Waals surface area contributed by atoms with Crippen molar-refractivity contribution in [3.63, 3.8) is 0 Å². The molecule has 0 amide bonds. The van der Waals surface area contributed by atoms with Crippen molar-refractivity contribution in [2.24, 2.45) is 0 Å². The van der Waals surface area contributed by atoms with Gasteiger partial charge in [0.1, 0.15) is 5.75 Å². The van der Waals surface area contributed by atoms with Crippen LogP contribution in [0.5, 0.6) is 5.75 Å². The van der Waals surface area contributed by atoms with E-state index in [1.54, 1.807) is 12.1 Å². The van der Waals surface area contributed by atoms with Gasteiger partial charge in [0.15, 0.2) is 0 Å². The van der Waals surface area contributed by atoms with Crippen LogP contribution in [0, 0.1) is 0 Å². The fourth-order valence-electron chi connectivity index (χ4n) is 2.31. The molecule has 0 heterocycles. The van der Waals surface area contributed by atoms with Gasteiger partial charge in [-0.3, -0.25) is 0 Å². The largest absolute Gasteiger partial charge is 0.508 e. The van der Waals surface area contributed by atoms with Crippen molar-refractivity contribution in [3.05, 3.63) is 53.6 Å². The maximum absolute atomic E-state index is 9.32. The van der Waals surface area contributed by atoms with E-state index in [1.807, 2.05) is 12.1 Å². The fraction of sp³-hybridized carbons (Fsp3) is 0.294. The van der Waals surface area contributed by atoms with Gasteiger partial charge in [-0.2, -0.15) is 0 Å². The van der Waals surface area contributed by atoms with Crippen molar-refractivity contribution in [3.8, 4) is 16.9 Å². The Morgan fingerprint density at radius 2 is 1.50 bits per heavy atom. The van der Waals surface area contributed by atoms with Gasteiger partial charge in [-0.25, -0.2) is 0 Å². The second-order valence-electron chi connectivity index (χ2n) is 4.63. The van der Waals surface area contributed by atoms with Crippen LogP contribution >= 0.6 is 0 Å². The number of aryl methyl sites for hydroxylation is 2. The van der Waals surface area contributed by atoms with Gasteiger partial charge in [0.25, 0.3) is 0 Å². The molecule has 0 radical (unpaired) electrons. The Hall–Kier alpha value is -1.76. The topological polar surface area (TPSA) is 20.2 Å². The molecule has 94 valence electrons. The summed E-state index contributed by atoms with van der Waals surface area (Å²) in [5.41, 5.74) is 5.29. The van der Waals surface area contributed by atoms with Crippen LogP contribution < -0.4 is 0 Å². The third-order valence-corrected chi connectivity index (χ3v) is 3.31. The highest BCUT2D eigenvalue weighted by atomic mass is 16.3. The number of phenols is 1. The van der Waals surface area contributed by atoms with Gasteiger partial charge in [-0.15, -0.1) is 0 Å². The lowest BCUT2D eigenvalue weighted by atomic mass is 9.95. The zero-order chi connectivity index (χ0) is 13.0. The predicted octanol–water partition coefficient (Wildman–Crippen LogP) is 4.57. The first-order valence-electron chi connectivity index (χ1n) is 6.65. The van der Waals surface area contributed by atoms with E-state index in [-0.39, 0.29) is 0 Å². The van der Waals surface area contributed by atoms with E-state index in [4.69, 9.17) is 0 Å². The molecule has 2 aromatic carbocycles. The van der Waals surface area contributed by atoms with Crippen LogP contribution in [-0.2, 0) is 12.8 Å². The molecule has 2 rings (SSSR count). The minimum Gasteiger partial charge on any atom is -0.508 e. The number of hydrogen-bond donors (Lipinski definition) is 1. The van der Waals surface area contributed by atoms with Crippen molar-refractivity contribution >= 4 is 0 Å². The monoisotopic (exact) mass is 240 g/mol. The molecule has 0 aliphatic carbocycles. The molecular formula is C17H20O. The predicted molar refractivity (Wildman–Crippen MR) is 76.9 cm³/mol. The maximum Gasteiger partial charge on any atom is 0.115 e. The van der Waals surface area contributed by atoms with E-state index >= 15 is 0 Å². The zero-order valence-electron chi connectivity index (χ0n) is 11.1. The minimum atomic E-state index is 0.317. The van der Waals surface area contributed by atoms with Crippen molar-refractivity contribution < 1.29 is 5.11 Å². The first-order chi connectivity index (χ1) is 8.74. The summed E-state index contributed by atoms with van der Waals surface area (Å²) in [6, 6.07) is 14.1. The molecule has 0 aliphatic heterocycles. The first kappa shape index (κ1) is 12.7. The molecule has 0 spiro atoms. The molecular weight excluding hydrogens is 220 g/mol. The third kappa shape index (κ3) is 2.73. The highest BCUT2D eigenvalue weighted by molar-refractivity contribution is 5.65. The van der Waals surface area contributed by atoms with Crippen molar-refractivity contribution in [2.45, 2.75) is 33.1 Å². The lowest BCUT2D eigenvalue weighted by Gasteiger charge is -2.10. The molecule has 0 aromatic heterocycles. The van der Waals surface area contributed by atoms with E-state index in [0.29, 0.717) is 5.75 Å². The summed E-state index contributed by atoms with van der Waals surface area (Å²) < 4.78 is 0. The van der Waals surface area contributed by atoms with Crippen molar-refractivity contribution in [1.29, 1.82) is 0 Å². The van der Waals surface area contributed by atoms with Crippen LogP contribution in [0.15, 0.2) is 42.5 Å². The summed E-state index contributed by atoms with van der Waals surface area (Å²) >= 11 is 0. The molecule has 0 aliphatic rings. The fourth-order valence-corrected chi connectivity index (χ4v) is 2.31. The van der Waals surface area contributed by atoms with Crippen LogP contribution in [0.3, 0.4) is 0 Å². The van der Waals surface area contributed by atoms with E-state index in [2.05, 4.69) is 32.0 Å². The number of phenolic OH excluding ortho intramolecular Hbond substituents is 1. The average molecular weight is 240 g/mol. The highest BCUT2D eigenvalue weighted by Gasteiger charge is 2.04. The Kier molecular flexibility index (Phi) is 4.03. The SMILES string of the molecule is CCCc1cc(-c2ccc(O)cc2)ccc1CC. The van der Waals surface area contributed by atoms with Crippen molar-refractivity contribution in [2.75, 3.05) is 0 Å².